The van der Waals surface area contributed by atoms with Crippen LogP contribution in [-0.4, -0.2) is 29.7 Å². The lowest BCUT2D eigenvalue weighted by atomic mass is 10.00. The molecule has 0 radical (unpaired) electrons. The molecule has 0 atom stereocenters. The van der Waals surface area contributed by atoms with Crippen molar-refractivity contribution in [3.05, 3.63) is 71.6 Å². The lowest BCUT2D eigenvalue weighted by Gasteiger charge is -2.24. The van der Waals surface area contributed by atoms with Crippen molar-refractivity contribution < 1.29 is 4.74 Å². The maximum absolute atomic E-state index is 6.38. The summed E-state index contributed by atoms with van der Waals surface area (Å²) in [6.07, 6.45) is 8.12. The molecule has 0 amide bonds. The quantitative estimate of drug-likeness (QED) is 0.269. The summed E-state index contributed by atoms with van der Waals surface area (Å²) in [6.45, 7) is 9.05. The number of nitrogen functional groups attached to an aromatic ring is 1. The van der Waals surface area contributed by atoms with Gasteiger partial charge in [-0.25, -0.2) is 0 Å². The third-order valence-electron chi connectivity index (χ3n) is 6.59. The zero-order chi connectivity index (χ0) is 25.3. The molecule has 6 nitrogen and oxygen atoms in total. The van der Waals surface area contributed by atoms with Gasteiger partial charge in [-0.05, 0) is 74.9 Å². The molecule has 2 heterocycles. The van der Waals surface area contributed by atoms with Crippen LogP contribution in [0.15, 0.2) is 60.3 Å². The molecule has 0 unspecified atom stereocenters. The number of hydrogen-bond acceptors (Lipinski definition) is 6. The molecule has 1 aliphatic carbocycles. The fraction of sp³-hybridized carbons (Fsp3) is 0.400. The van der Waals surface area contributed by atoms with Crippen LogP contribution in [-0.2, 0) is 6.42 Å². The number of ether oxygens (including phenoxy) is 1. The Hall–Kier alpha value is -3.54. The van der Waals surface area contributed by atoms with Crippen LogP contribution < -0.4 is 20.7 Å². The Kier molecular flexibility index (Phi) is 8.82. The Bertz CT molecular complexity index is 1170. The Balaban J connectivity index is 1.59. The Morgan fingerprint density at radius 3 is 2.53 bits per heavy atom. The summed E-state index contributed by atoms with van der Waals surface area (Å²) in [5, 5.41) is 3.60. The van der Waals surface area contributed by atoms with E-state index in [2.05, 4.69) is 48.1 Å². The van der Waals surface area contributed by atoms with Crippen LogP contribution in [0.25, 0.3) is 5.57 Å². The number of benzene rings is 1. The zero-order valence-electron chi connectivity index (χ0n) is 21.9. The zero-order valence-corrected chi connectivity index (χ0v) is 21.9. The molecular formula is C30H39N5O. The number of anilines is 4. The number of nitrogens with two attached hydrogens (primary N) is 1. The summed E-state index contributed by atoms with van der Waals surface area (Å²) in [6, 6.07) is 16.3. The molecule has 0 fully saturated rings. The summed E-state index contributed by atoms with van der Waals surface area (Å²) in [5.41, 5.74) is 14.2. The first kappa shape index (κ1) is 25.5. The normalized spacial score (nSPS) is 13.2. The van der Waals surface area contributed by atoms with E-state index in [0.717, 1.165) is 79.3 Å². The predicted octanol–water partition coefficient (Wildman–Crippen LogP) is 7.01. The van der Waals surface area contributed by atoms with E-state index in [1.54, 1.807) is 0 Å². The van der Waals surface area contributed by atoms with Crippen LogP contribution in [0.4, 0.5) is 22.9 Å². The Morgan fingerprint density at radius 2 is 1.83 bits per heavy atom. The van der Waals surface area contributed by atoms with E-state index in [1.165, 1.54) is 17.6 Å². The van der Waals surface area contributed by atoms with Crippen molar-refractivity contribution >= 4 is 28.5 Å². The highest BCUT2D eigenvalue weighted by atomic mass is 16.5. The van der Waals surface area contributed by atoms with Gasteiger partial charge in [-0.2, -0.15) is 4.98 Å². The predicted molar refractivity (Wildman–Crippen MR) is 151 cm³/mol. The van der Waals surface area contributed by atoms with Crippen molar-refractivity contribution in [2.24, 2.45) is 0 Å². The average molecular weight is 486 g/mol. The van der Waals surface area contributed by atoms with E-state index >= 15 is 0 Å². The number of nitrogens with zero attached hydrogens (tertiary/aromatic N) is 3. The molecule has 3 N–H and O–H groups in total. The smallest absolute Gasteiger partial charge is 0.217 e. The summed E-state index contributed by atoms with van der Waals surface area (Å²) in [7, 11) is 0. The average Bonchev–Trinajstić information content (AvgIpc) is 3.31. The molecule has 0 spiro atoms. The summed E-state index contributed by atoms with van der Waals surface area (Å²) < 4.78 is 6.13. The van der Waals surface area contributed by atoms with Crippen LogP contribution in [0.2, 0.25) is 0 Å². The number of nitrogens with one attached hydrogen (secondary N) is 1. The molecule has 1 aliphatic rings. The Labute approximate surface area is 215 Å². The van der Waals surface area contributed by atoms with E-state index in [0.29, 0.717) is 12.5 Å². The lowest BCUT2D eigenvalue weighted by Crippen LogP contribution is -2.26. The van der Waals surface area contributed by atoms with Gasteiger partial charge in [-0.15, -0.1) is 0 Å². The van der Waals surface area contributed by atoms with Gasteiger partial charge in [0, 0.05) is 66.2 Å². The van der Waals surface area contributed by atoms with Gasteiger partial charge in [0.1, 0.15) is 5.82 Å². The molecule has 190 valence electrons. The first-order chi connectivity index (χ1) is 17.6. The fourth-order valence-corrected chi connectivity index (χ4v) is 4.81. The molecule has 2 aromatic heterocycles. The summed E-state index contributed by atoms with van der Waals surface area (Å²) >= 11 is 0. The SMILES string of the molecule is CCCN(CCC)c1cc(Nc2ccc(N)c(C3=C(C)CCC3)c2)cc(OCCc2ccccn2)n1. The van der Waals surface area contributed by atoms with Gasteiger partial charge in [0.05, 0.1) is 6.61 Å². The highest BCUT2D eigenvalue weighted by Gasteiger charge is 2.16. The third-order valence-corrected chi connectivity index (χ3v) is 6.59. The maximum atomic E-state index is 6.38. The number of pyridine rings is 2. The molecular weight excluding hydrogens is 446 g/mol. The van der Waals surface area contributed by atoms with Crippen LogP contribution in [0.5, 0.6) is 5.88 Å². The van der Waals surface area contributed by atoms with Crippen LogP contribution in [0.3, 0.4) is 0 Å². The standard InChI is InChI=1S/C30H39N5O/c1-4-16-35(17-5-2)29-20-25(21-30(34-29)36-18-14-23-10-6-7-15-32-23)33-24-12-13-28(31)27(19-24)26-11-8-9-22(26)3/h6-7,10,12-13,15,19-21H,4-5,8-9,11,14,16-18,31H2,1-3H3,(H,33,34). The van der Waals surface area contributed by atoms with Gasteiger partial charge in [0.25, 0.3) is 0 Å². The number of allylic oxidation sites excluding steroid dienone is 2. The van der Waals surface area contributed by atoms with Crippen molar-refractivity contribution in [1.82, 2.24) is 9.97 Å². The second kappa shape index (κ2) is 12.4. The van der Waals surface area contributed by atoms with Crippen molar-refractivity contribution in [2.45, 2.75) is 59.3 Å². The van der Waals surface area contributed by atoms with Gasteiger partial charge < -0.3 is 20.7 Å². The van der Waals surface area contributed by atoms with Gasteiger partial charge in [-0.3, -0.25) is 4.98 Å². The van der Waals surface area contributed by atoms with Crippen LogP contribution >= 0.6 is 0 Å². The highest BCUT2D eigenvalue weighted by molar-refractivity contribution is 5.81. The second-order valence-corrected chi connectivity index (χ2v) is 9.50. The minimum absolute atomic E-state index is 0.522. The largest absolute Gasteiger partial charge is 0.477 e. The van der Waals surface area contributed by atoms with E-state index in [4.69, 9.17) is 15.5 Å². The van der Waals surface area contributed by atoms with E-state index in [-0.39, 0.29) is 0 Å². The fourth-order valence-electron chi connectivity index (χ4n) is 4.81. The maximum Gasteiger partial charge on any atom is 0.217 e. The molecule has 0 saturated carbocycles. The molecule has 0 aliphatic heterocycles. The topological polar surface area (TPSA) is 76.3 Å². The van der Waals surface area contributed by atoms with E-state index < -0.39 is 0 Å². The molecule has 1 aromatic carbocycles. The van der Waals surface area contributed by atoms with Gasteiger partial charge in [0.2, 0.25) is 5.88 Å². The Morgan fingerprint density at radius 1 is 1.00 bits per heavy atom. The number of aromatic nitrogens is 2. The van der Waals surface area contributed by atoms with Gasteiger partial charge in [0.15, 0.2) is 0 Å². The first-order valence-electron chi connectivity index (χ1n) is 13.2. The van der Waals surface area contributed by atoms with E-state index in [9.17, 15) is 0 Å². The van der Waals surface area contributed by atoms with Crippen molar-refractivity contribution in [2.75, 3.05) is 35.6 Å². The number of hydrogen-bond donors (Lipinski definition) is 2. The number of rotatable bonds is 12. The second-order valence-electron chi connectivity index (χ2n) is 9.50. The summed E-state index contributed by atoms with van der Waals surface area (Å²) in [4.78, 5) is 11.6. The van der Waals surface area contributed by atoms with Crippen molar-refractivity contribution in [3.8, 4) is 5.88 Å². The third kappa shape index (κ3) is 6.56. The molecule has 3 aromatic rings. The van der Waals surface area contributed by atoms with Crippen molar-refractivity contribution in [1.29, 1.82) is 0 Å². The molecule has 0 saturated heterocycles. The molecule has 6 heteroatoms. The minimum atomic E-state index is 0.522. The van der Waals surface area contributed by atoms with Crippen molar-refractivity contribution in [3.63, 3.8) is 0 Å². The molecule has 0 bridgehead atoms. The van der Waals surface area contributed by atoms with E-state index in [1.807, 2.05) is 42.6 Å². The van der Waals surface area contributed by atoms with Gasteiger partial charge >= 0.3 is 0 Å². The molecule has 4 rings (SSSR count). The lowest BCUT2D eigenvalue weighted by molar-refractivity contribution is 0.308. The first-order valence-corrected chi connectivity index (χ1v) is 13.2. The monoisotopic (exact) mass is 485 g/mol. The highest BCUT2D eigenvalue weighted by Crippen LogP contribution is 2.38. The summed E-state index contributed by atoms with van der Waals surface area (Å²) in [5.74, 6) is 1.55. The van der Waals surface area contributed by atoms with Crippen LogP contribution in [0.1, 0.15) is 64.1 Å². The molecule has 36 heavy (non-hydrogen) atoms. The van der Waals surface area contributed by atoms with Crippen LogP contribution in [0, 0.1) is 0 Å². The van der Waals surface area contributed by atoms with Gasteiger partial charge in [-0.1, -0.05) is 25.5 Å². The minimum Gasteiger partial charge on any atom is -0.477 e.